The molecule has 0 aromatic heterocycles. The van der Waals surface area contributed by atoms with Crippen molar-refractivity contribution in [3.63, 3.8) is 0 Å². The van der Waals surface area contributed by atoms with Gasteiger partial charge < -0.3 is 15.6 Å². The van der Waals surface area contributed by atoms with Crippen molar-refractivity contribution in [2.75, 3.05) is 6.61 Å². The summed E-state index contributed by atoms with van der Waals surface area (Å²) in [6, 6.07) is -0.564. The van der Waals surface area contributed by atoms with Crippen LogP contribution in [0.1, 0.15) is 19.8 Å². The second-order valence-corrected chi connectivity index (χ2v) is 3.17. The van der Waals surface area contributed by atoms with Gasteiger partial charge in [-0.2, -0.15) is 0 Å². The normalized spacial score (nSPS) is 22.4. The maximum atomic E-state index is 11.2. The first-order valence-electron chi connectivity index (χ1n) is 4.48. The Morgan fingerprint density at radius 3 is 2.86 bits per heavy atom. The highest BCUT2D eigenvalue weighted by atomic mass is 35.5. The third-order valence-electron chi connectivity index (χ3n) is 2.05. The van der Waals surface area contributed by atoms with E-state index in [0.29, 0.717) is 5.76 Å². The van der Waals surface area contributed by atoms with Crippen molar-refractivity contribution in [2.24, 2.45) is 11.7 Å². The molecule has 0 spiro atoms. The molecule has 0 amide bonds. The van der Waals surface area contributed by atoms with Crippen LogP contribution in [0.3, 0.4) is 0 Å². The summed E-state index contributed by atoms with van der Waals surface area (Å²) >= 11 is 0. The summed E-state index contributed by atoms with van der Waals surface area (Å²) in [4.78, 5) is 11.2. The molecule has 1 aliphatic heterocycles. The van der Waals surface area contributed by atoms with E-state index in [1.54, 1.807) is 6.08 Å². The van der Waals surface area contributed by atoms with E-state index in [1.165, 1.54) is 0 Å². The highest BCUT2D eigenvalue weighted by molar-refractivity contribution is 5.85. The van der Waals surface area contributed by atoms with Crippen LogP contribution in [0.25, 0.3) is 0 Å². The molecule has 0 unspecified atom stereocenters. The van der Waals surface area contributed by atoms with Gasteiger partial charge in [-0.1, -0.05) is 13.3 Å². The molecule has 0 radical (unpaired) electrons. The van der Waals surface area contributed by atoms with Crippen molar-refractivity contribution in [3.8, 4) is 0 Å². The summed E-state index contributed by atoms with van der Waals surface area (Å²) in [5.74, 6) is -0.00991. The van der Waals surface area contributed by atoms with Gasteiger partial charge in [-0.05, 0) is 12.5 Å². The average Bonchev–Trinajstić information content (AvgIpc) is 2.47. The van der Waals surface area contributed by atoms with Crippen molar-refractivity contribution in [2.45, 2.75) is 25.8 Å². The minimum Gasteiger partial charge on any atom is -0.429 e. The number of rotatable bonds is 4. The monoisotopic (exact) mass is 221 g/mol. The van der Waals surface area contributed by atoms with Crippen LogP contribution in [-0.2, 0) is 9.53 Å². The van der Waals surface area contributed by atoms with E-state index in [0.717, 1.165) is 12.8 Å². The van der Waals surface area contributed by atoms with Crippen LogP contribution in [0.5, 0.6) is 0 Å². The number of hydrogen-bond donors (Lipinski definition) is 2. The van der Waals surface area contributed by atoms with Gasteiger partial charge in [0.05, 0.1) is 18.6 Å². The summed E-state index contributed by atoms with van der Waals surface area (Å²) in [5, 5.41) is 8.74. The molecule has 0 aromatic rings. The highest BCUT2D eigenvalue weighted by Gasteiger charge is 2.28. The molecule has 5 heteroatoms. The smallest absolute Gasteiger partial charge is 0.318 e. The van der Waals surface area contributed by atoms with Gasteiger partial charge in [-0.25, -0.2) is 0 Å². The number of carbonyl (C=O) groups excluding carboxylic acids is 1. The maximum Gasteiger partial charge on any atom is 0.318 e. The molecule has 1 heterocycles. The molecule has 2 atom stereocenters. The molecular weight excluding hydrogens is 206 g/mol. The van der Waals surface area contributed by atoms with Gasteiger partial charge in [-0.15, -0.1) is 12.4 Å². The Labute approximate surface area is 89.5 Å². The Morgan fingerprint density at radius 2 is 2.36 bits per heavy atom. The third kappa shape index (κ3) is 2.97. The number of aliphatic hydroxyl groups excluding tert-OH is 1. The van der Waals surface area contributed by atoms with Crippen LogP contribution < -0.4 is 5.73 Å². The Kier molecular flexibility index (Phi) is 5.76. The van der Waals surface area contributed by atoms with Gasteiger partial charge in [0.25, 0.3) is 0 Å². The van der Waals surface area contributed by atoms with Gasteiger partial charge in [0.1, 0.15) is 5.76 Å². The molecule has 0 saturated heterocycles. The number of cyclic esters (lactones) is 1. The SMILES string of the molecule is CCC[C@@H]1C=C([C@@H](N)CO)OC1=O.Cl. The molecule has 82 valence electrons. The van der Waals surface area contributed by atoms with E-state index in [-0.39, 0.29) is 30.9 Å². The number of hydrogen-bond acceptors (Lipinski definition) is 4. The van der Waals surface area contributed by atoms with Crippen molar-refractivity contribution >= 4 is 18.4 Å². The second kappa shape index (κ2) is 6.01. The second-order valence-electron chi connectivity index (χ2n) is 3.17. The molecule has 0 saturated carbocycles. The molecular formula is C9H16ClNO3. The van der Waals surface area contributed by atoms with Gasteiger partial charge in [-0.3, -0.25) is 4.79 Å². The lowest BCUT2D eigenvalue weighted by atomic mass is 10.0. The minimum atomic E-state index is -0.564. The first kappa shape index (κ1) is 13.4. The summed E-state index contributed by atoms with van der Waals surface area (Å²) in [6.07, 6.45) is 3.42. The number of aliphatic hydroxyl groups is 1. The summed E-state index contributed by atoms with van der Waals surface area (Å²) in [7, 11) is 0. The predicted molar refractivity (Wildman–Crippen MR) is 54.9 cm³/mol. The zero-order chi connectivity index (χ0) is 9.84. The molecule has 0 bridgehead atoms. The van der Waals surface area contributed by atoms with Crippen LogP contribution in [0.2, 0.25) is 0 Å². The lowest BCUT2D eigenvalue weighted by Crippen LogP contribution is -2.27. The van der Waals surface area contributed by atoms with E-state index < -0.39 is 6.04 Å². The molecule has 3 N–H and O–H groups in total. The standard InChI is InChI=1S/C9H15NO3.ClH/c1-2-3-6-4-8(7(10)5-11)13-9(6)12;/h4,6-7,11H,2-3,5,10H2,1H3;1H/t6-,7+;/m1./s1. The molecule has 14 heavy (non-hydrogen) atoms. The number of carbonyl (C=O) groups is 1. The van der Waals surface area contributed by atoms with Crippen molar-refractivity contribution in [1.29, 1.82) is 0 Å². The zero-order valence-electron chi connectivity index (χ0n) is 8.10. The number of esters is 1. The molecule has 0 aromatic carbocycles. The van der Waals surface area contributed by atoms with E-state index in [2.05, 4.69) is 0 Å². The van der Waals surface area contributed by atoms with Crippen molar-refractivity contribution in [1.82, 2.24) is 0 Å². The summed E-state index contributed by atoms with van der Waals surface area (Å²) in [6.45, 7) is 1.81. The fraction of sp³-hybridized carbons (Fsp3) is 0.667. The quantitative estimate of drug-likeness (QED) is 0.682. The molecule has 1 rings (SSSR count). The van der Waals surface area contributed by atoms with E-state index in [9.17, 15) is 4.79 Å². The highest BCUT2D eigenvalue weighted by Crippen LogP contribution is 2.23. The minimum absolute atomic E-state index is 0. The van der Waals surface area contributed by atoms with E-state index in [1.807, 2.05) is 6.92 Å². The van der Waals surface area contributed by atoms with Crippen LogP contribution in [0, 0.1) is 5.92 Å². The Hall–Kier alpha value is -0.580. The molecule has 0 fully saturated rings. The Morgan fingerprint density at radius 1 is 1.71 bits per heavy atom. The van der Waals surface area contributed by atoms with Gasteiger partial charge >= 0.3 is 5.97 Å². The zero-order valence-corrected chi connectivity index (χ0v) is 8.92. The van der Waals surface area contributed by atoms with Gasteiger partial charge in [0.2, 0.25) is 0 Å². The number of halogens is 1. The summed E-state index contributed by atoms with van der Waals surface area (Å²) < 4.78 is 4.92. The third-order valence-corrected chi connectivity index (χ3v) is 2.05. The van der Waals surface area contributed by atoms with Crippen LogP contribution in [0.4, 0.5) is 0 Å². The molecule has 1 aliphatic rings. The van der Waals surface area contributed by atoms with E-state index in [4.69, 9.17) is 15.6 Å². The van der Waals surface area contributed by atoms with Crippen LogP contribution >= 0.6 is 12.4 Å². The Balaban J connectivity index is 0.00000169. The lowest BCUT2D eigenvalue weighted by Gasteiger charge is -2.07. The first-order chi connectivity index (χ1) is 6.19. The van der Waals surface area contributed by atoms with Gasteiger partial charge in [0, 0.05) is 0 Å². The van der Waals surface area contributed by atoms with Gasteiger partial charge in [0.15, 0.2) is 0 Å². The molecule has 4 nitrogen and oxygen atoms in total. The Bertz CT molecular complexity index is 230. The van der Waals surface area contributed by atoms with Crippen molar-refractivity contribution < 1.29 is 14.6 Å². The topological polar surface area (TPSA) is 72.6 Å². The largest absolute Gasteiger partial charge is 0.429 e. The average molecular weight is 222 g/mol. The lowest BCUT2D eigenvalue weighted by molar-refractivity contribution is -0.140. The first-order valence-corrected chi connectivity index (χ1v) is 4.48. The van der Waals surface area contributed by atoms with Crippen molar-refractivity contribution in [3.05, 3.63) is 11.8 Å². The van der Waals surface area contributed by atoms with Crippen LogP contribution in [-0.4, -0.2) is 23.7 Å². The fourth-order valence-corrected chi connectivity index (χ4v) is 1.29. The van der Waals surface area contributed by atoms with E-state index >= 15 is 0 Å². The number of nitrogens with two attached hydrogens (primary N) is 1. The molecule has 0 aliphatic carbocycles. The van der Waals surface area contributed by atoms with Crippen LogP contribution in [0.15, 0.2) is 11.8 Å². The predicted octanol–water partition coefficient (Wildman–Crippen LogP) is 0.585. The number of ether oxygens (including phenoxy) is 1. The maximum absolute atomic E-state index is 11.2. The fourth-order valence-electron chi connectivity index (χ4n) is 1.29. The summed E-state index contributed by atoms with van der Waals surface area (Å²) in [5.41, 5.74) is 5.50.